The van der Waals surface area contributed by atoms with E-state index in [0.29, 0.717) is 18.5 Å². The third-order valence-electron chi connectivity index (χ3n) is 3.88. The quantitative estimate of drug-likeness (QED) is 0.895. The molecule has 0 saturated carbocycles. The van der Waals surface area contributed by atoms with Crippen molar-refractivity contribution in [3.63, 3.8) is 0 Å². The fourth-order valence-electron chi connectivity index (χ4n) is 2.69. The van der Waals surface area contributed by atoms with Gasteiger partial charge in [0.05, 0.1) is 16.5 Å². The van der Waals surface area contributed by atoms with Crippen molar-refractivity contribution in [2.24, 2.45) is 5.92 Å². The molecule has 1 N–H and O–H groups in total. The third kappa shape index (κ3) is 3.67. The highest BCUT2D eigenvalue weighted by Gasteiger charge is 2.40. The van der Waals surface area contributed by atoms with Crippen LogP contribution in [0.4, 0.5) is 10.1 Å². The summed E-state index contributed by atoms with van der Waals surface area (Å²) >= 11 is 5.85. The lowest BCUT2D eigenvalue weighted by Crippen LogP contribution is -2.48. The van der Waals surface area contributed by atoms with E-state index in [2.05, 4.69) is 5.32 Å². The van der Waals surface area contributed by atoms with E-state index >= 15 is 0 Å². The molecule has 0 aliphatic carbocycles. The first kappa shape index (κ1) is 18.2. The predicted molar refractivity (Wildman–Crippen MR) is 88.5 cm³/mol. The summed E-state index contributed by atoms with van der Waals surface area (Å²) in [5, 5.41) is 2.41. The lowest BCUT2D eigenvalue weighted by molar-refractivity contribution is -0.120. The summed E-state index contributed by atoms with van der Waals surface area (Å²) in [4.78, 5) is 12.6. The van der Waals surface area contributed by atoms with Crippen molar-refractivity contribution in [3.05, 3.63) is 28.5 Å². The molecule has 1 fully saturated rings. The van der Waals surface area contributed by atoms with Crippen LogP contribution in [0.5, 0.6) is 0 Å². The first-order chi connectivity index (χ1) is 10.6. The number of hydrogen-bond acceptors (Lipinski definition) is 3. The van der Waals surface area contributed by atoms with Gasteiger partial charge in [-0.15, -0.1) is 0 Å². The van der Waals surface area contributed by atoms with Gasteiger partial charge < -0.3 is 5.32 Å². The molecule has 1 aliphatic heterocycles. The van der Waals surface area contributed by atoms with Gasteiger partial charge in [-0.1, -0.05) is 31.5 Å². The molecule has 1 aliphatic rings. The van der Waals surface area contributed by atoms with E-state index in [0.717, 1.165) is 0 Å². The van der Waals surface area contributed by atoms with Crippen molar-refractivity contribution in [2.75, 3.05) is 17.6 Å². The van der Waals surface area contributed by atoms with E-state index in [-0.39, 0.29) is 22.4 Å². The zero-order valence-electron chi connectivity index (χ0n) is 13.3. The number of anilines is 1. The molecule has 0 aromatic heterocycles. The minimum absolute atomic E-state index is 0.0359. The van der Waals surface area contributed by atoms with Crippen molar-refractivity contribution < 1.29 is 17.6 Å². The Labute approximate surface area is 140 Å². The average Bonchev–Trinajstić information content (AvgIpc) is 2.79. The van der Waals surface area contributed by atoms with Crippen molar-refractivity contribution in [1.82, 2.24) is 4.31 Å². The highest BCUT2D eigenvalue weighted by atomic mass is 35.5. The van der Waals surface area contributed by atoms with Crippen LogP contribution in [0, 0.1) is 18.7 Å². The summed E-state index contributed by atoms with van der Waals surface area (Å²) in [5.41, 5.74) is 0.512. The smallest absolute Gasteiger partial charge is 0.243 e. The van der Waals surface area contributed by atoms with Crippen LogP contribution in [0.1, 0.15) is 25.8 Å². The average molecular weight is 363 g/mol. The van der Waals surface area contributed by atoms with Gasteiger partial charge in [-0.2, -0.15) is 4.31 Å². The van der Waals surface area contributed by atoms with Crippen molar-refractivity contribution in [1.29, 1.82) is 0 Å². The lowest BCUT2D eigenvalue weighted by Gasteiger charge is -2.28. The Balaban J connectivity index is 2.28. The van der Waals surface area contributed by atoms with Crippen LogP contribution in [0.3, 0.4) is 0 Å². The van der Waals surface area contributed by atoms with Gasteiger partial charge in [-0.3, -0.25) is 4.79 Å². The van der Waals surface area contributed by atoms with Gasteiger partial charge in [-0.05, 0) is 30.9 Å². The maximum Gasteiger partial charge on any atom is 0.243 e. The van der Waals surface area contributed by atoms with Crippen molar-refractivity contribution >= 4 is 33.2 Å². The standard InChI is InChI=1S/C15H20ClFN2O3S/c1-9(2)14(19-7-4-8-23(19,21)22)15(20)18-11-6-5-10(3)12(16)13(11)17/h5-6,9,14H,4,7-8H2,1-3H3,(H,18,20)/t14-/m0/s1. The summed E-state index contributed by atoms with van der Waals surface area (Å²) < 4.78 is 39.5. The Bertz CT molecular complexity index is 722. The molecule has 8 heteroatoms. The summed E-state index contributed by atoms with van der Waals surface area (Å²) in [5.74, 6) is -1.48. The molecule has 23 heavy (non-hydrogen) atoms. The molecule has 1 atom stereocenters. The Kier molecular flexibility index (Phi) is 5.33. The Morgan fingerprint density at radius 1 is 1.39 bits per heavy atom. The number of carbonyl (C=O) groups excluding carboxylic acids is 1. The molecule has 2 rings (SSSR count). The van der Waals surface area contributed by atoms with Gasteiger partial charge in [-0.25, -0.2) is 12.8 Å². The van der Waals surface area contributed by atoms with Crippen LogP contribution in [-0.4, -0.2) is 37.0 Å². The van der Waals surface area contributed by atoms with Crippen LogP contribution < -0.4 is 5.32 Å². The lowest BCUT2D eigenvalue weighted by atomic mass is 10.0. The third-order valence-corrected chi connectivity index (χ3v) is 6.27. The van der Waals surface area contributed by atoms with Crippen molar-refractivity contribution in [3.8, 4) is 0 Å². The van der Waals surface area contributed by atoms with E-state index in [1.54, 1.807) is 26.8 Å². The van der Waals surface area contributed by atoms with E-state index in [9.17, 15) is 17.6 Å². The fraction of sp³-hybridized carbons (Fsp3) is 0.533. The number of aryl methyl sites for hydroxylation is 1. The molecule has 0 spiro atoms. The molecule has 1 heterocycles. The Morgan fingerprint density at radius 2 is 2.04 bits per heavy atom. The minimum Gasteiger partial charge on any atom is -0.322 e. The van der Waals surface area contributed by atoms with Crippen LogP contribution in [0.15, 0.2) is 12.1 Å². The second kappa shape index (κ2) is 6.75. The van der Waals surface area contributed by atoms with E-state index in [4.69, 9.17) is 11.6 Å². The second-order valence-electron chi connectivity index (χ2n) is 6.02. The monoisotopic (exact) mass is 362 g/mol. The topological polar surface area (TPSA) is 66.5 Å². The number of amides is 1. The SMILES string of the molecule is Cc1ccc(NC(=O)[C@H](C(C)C)N2CCCS2(=O)=O)c(F)c1Cl. The molecule has 128 valence electrons. The summed E-state index contributed by atoms with van der Waals surface area (Å²) in [6, 6.07) is 2.14. The van der Waals surface area contributed by atoms with Crippen LogP contribution in [0.25, 0.3) is 0 Å². The number of rotatable bonds is 4. The number of sulfonamides is 1. The van der Waals surface area contributed by atoms with E-state index in [1.165, 1.54) is 10.4 Å². The number of nitrogens with zero attached hydrogens (tertiary/aromatic N) is 1. The molecule has 0 bridgehead atoms. The number of halogens is 2. The van der Waals surface area contributed by atoms with Gasteiger partial charge in [0.1, 0.15) is 6.04 Å². The fourth-order valence-corrected chi connectivity index (χ4v) is 4.67. The maximum atomic E-state index is 14.1. The molecular weight excluding hydrogens is 343 g/mol. The number of hydrogen-bond donors (Lipinski definition) is 1. The number of nitrogens with one attached hydrogen (secondary N) is 1. The molecular formula is C15H20ClFN2O3S. The number of carbonyl (C=O) groups is 1. The zero-order valence-corrected chi connectivity index (χ0v) is 14.8. The molecule has 1 amide bonds. The van der Waals surface area contributed by atoms with Crippen molar-refractivity contribution in [2.45, 2.75) is 33.2 Å². The summed E-state index contributed by atoms with van der Waals surface area (Å²) in [6.45, 7) is 5.48. The Hall–Kier alpha value is -1.18. The normalized spacial score (nSPS) is 19.0. The van der Waals surface area contributed by atoms with Gasteiger partial charge in [0, 0.05) is 6.54 Å². The first-order valence-corrected chi connectivity index (χ1v) is 9.39. The molecule has 0 unspecified atom stereocenters. The van der Waals surface area contributed by atoms with Gasteiger partial charge >= 0.3 is 0 Å². The molecule has 0 radical (unpaired) electrons. The zero-order chi connectivity index (χ0) is 17.4. The summed E-state index contributed by atoms with van der Waals surface area (Å²) in [7, 11) is -3.44. The predicted octanol–water partition coefficient (Wildman–Crippen LogP) is 2.79. The number of benzene rings is 1. The van der Waals surface area contributed by atoms with Crippen LogP contribution >= 0.6 is 11.6 Å². The second-order valence-corrected chi connectivity index (χ2v) is 8.44. The van der Waals surface area contributed by atoms with E-state index in [1.807, 2.05) is 0 Å². The summed E-state index contributed by atoms with van der Waals surface area (Å²) in [6.07, 6.45) is 0.490. The van der Waals surface area contributed by atoms with E-state index < -0.39 is 27.8 Å². The van der Waals surface area contributed by atoms with Gasteiger partial charge in [0.15, 0.2) is 5.82 Å². The molecule has 1 aromatic carbocycles. The maximum absolute atomic E-state index is 14.1. The highest BCUT2D eigenvalue weighted by Crippen LogP contribution is 2.28. The molecule has 1 saturated heterocycles. The minimum atomic E-state index is -3.44. The largest absolute Gasteiger partial charge is 0.322 e. The van der Waals surface area contributed by atoms with Gasteiger partial charge in [0.25, 0.3) is 0 Å². The van der Waals surface area contributed by atoms with Gasteiger partial charge in [0.2, 0.25) is 15.9 Å². The highest BCUT2D eigenvalue weighted by molar-refractivity contribution is 7.89. The molecule has 1 aromatic rings. The van der Waals surface area contributed by atoms with Crippen LogP contribution in [0.2, 0.25) is 5.02 Å². The first-order valence-electron chi connectivity index (χ1n) is 7.40. The Morgan fingerprint density at radius 3 is 2.57 bits per heavy atom. The molecule has 5 nitrogen and oxygen atoms in total. The van der Waals surface area contributed by atoms with Crippen LogP contribution in [-0.2, 0) is 14.8 Å².